The van der Waals surface area contributed by atoms with Gasteiger partial charge in [0.15, 0.2) is 0 Å². The lowest BCUT2D eigenvalue weighted by Crippen LogP contribution is -2.26. The van der Waals surface area contributed by atoms with Crippen LogP contribution in [0, 0.1) is 0 Å². The number of carbonyl (C=O) groups excluding carboxylic acids is 1. The number of hydrogen-bond donors (Lipinski definition) is 2. The fraction of sp³-hybridized carbons (Fsp3) is 0. The fourth-order valence-electron chi connectivity index (χ4n) is 0.710. The SMILES string of the molecule is NC(=O)N(S)c1ccc(Br)cc1. The second-order valence-corrected chi connectivity index (χ2v) is 3.44. The van der Waals surface area contributed by atoms with Crippen LogP contribution in [0.5, 0.6) is 0 Å². The van der Waals surface area contributed by atoms with Crippen molar-refractivity contribution in [2.45, 2.75) is 0 Å². The van der Waals surface area contributed by atoms with E-state index in [4.69, 9.17) is 5.73 Å². The summed E-state index contributed by atoms with van der Waals surface area (Å²) in [4.78, 5) is 10.6. The van der Waals surface area contributed by atoms with Gasteiger partial charge in [0.25, 0.3) is 0 Å². The summed E-state index contributed by atoms with van der Waals surface area (Å²) in [6, 6.07) is 6.49. The van der Waals surface area contributed by atoms with Gasteiger partial charge in [-0.3, -0.25) is 0 Å². The minimum atomic E-state index is -0.597. The van der Waals surface area contributed by atoms with Gasteiger partial charge < -0.3 is 5.73 Å². The molecule has 64 valence electrons. The zero-order chi connectivity index (χ0) is 9.14. The number of nitrogens with two attached hydrogens (primary N) is 1. The third-order valence-electron chi connectivity index (χ3n) is 1.28. The van der Waals surface area contributed by atoms with Crippen LogP contribution in [0.3, 0.4) is 0 Å². The van der Waals surface area contributed by atoms with Crippen molar-refractivity contribution in [3.8, 4) is 0 Å². The van der Waals surface area contributed by atoms with Crippen LogP contribution >= 0.6 is 28.7 Å². The van der Waals surface area contributed by atoms with Crippen LogP contribution in [0.1, 0.15) is 0 Å². The van der Waals surface area contributed by atoms with E-state index < -0.39 is 6.03 Å². The maximum Gasteiger partial charge on any atom is 0.329 e. The van der Waals surface area contributed by atoms with Gasteiger partial charge in [0.1, 0.15) is 0 Å². The predicted octanol–water partition coefficient (Wildman–Crippen LogP) is 2.18. The number of halogens is 1. The first-order valence-corrected chi connectivity index (χ1v) is 4.34. The van der Waals surface area contributed by atoms with Crippen LogP contribution in [-0.4, -0.2) is 6.03 Å². The Morgan fingerprint density at radius 3 is 2.33 bits per heavy atom. The molecule has 0 radical (unpaired) electrons. The number of amides is 2. The van der Waals surface area contributed by atoms with Crippen molar-refractivity contribution < 1.29 is 4.79 Å². The highest BCUT2D eigenvalue weighted by molar-refractivity contribution is 9.10. The minimum absolute atomic E-state index is 0.597. The highest BCUT2D eigenvalue weighted by Gasteiger charge is 2.05. The molecule has 0 spiro atoms. The molecule has 0 bridgehead atoms. The standard InChI is InChI=1S/C7H7BrN2OS/c8-5-1-3-6(4-2-5)10(12)7(9)11/h1-4,12H,(H2,9,11). The van der Waals surface area contributed by atoms with Crippen molar-refractivity contribution in [2.24, 2.45) is 5.73 Å². The lowest BCUT2D eigenvalue weighted by Gasteiger charge is -2.11. The summed E-state index contributed by atoms with van der Waals surface area (Å²) in [5, 5.41) is 0. The van der Waals surface area contributed by atoms with Gasteiger partial charge in [-0.15, -0.1) is 0 Å². The summed E-state index contributed by atoms with van der Waals surface area (Å²) < 4.78 is 2.02. The Kier molecular flexibility index (Phi) is 2.99. The van der Waals surface area contributed by atoms with E-state index in [2.05, 4.69) is 28.7 Å². The van der Waals surface area contributed by atoms with Crippen LogP contribution in [0.25, 0.3) is 0 Å². The maximum absolute atomic E-state index is 10.6. The van der Waals surface area contributed by atoms with Crippen molar-refractivity contribution in [2.75, 3.05) is 4.31 Å². The van der Waals surface area contributed by atoms with E-state index in [0.717, 1.165) is 8.78 Å². The normalized spacial score (nSPS) is 9.50. The second kappa shape index (κ2) is 3.82. The number of thiol groups is 1. The average Bonchev–Trinajstić information content (AvgIpc) is 2.04. The van der Waals surface area contributed by atoms with E-state index in [1.807, 2.05) is 12.1 Å². The van der Waals surface area contributed by atoms with Crippen molar-refractivity contribution in [3.05, 3.63) is 28.7 Å². The van der Waals surface area contributed by atoms with Gasteiger partial charge in [0.2, 0.25) is 0 Å². The Morgan fingerprint density at radius 2 is 1.92 bits per heavy atom. The van der Waals surface area contributed by atoms with Crippen molar-refractivity contribution >= 4 is 40.5 Å². The zero-order valence-electron chi connectivity index (χ0n) is 6.07. The minimum Gasteiger partial charge on any atom is -0.350 e. The molecule has 0 atom stereocenters. The molecule has 5 heteroatoms. The lowest BCUT2D eigenvalue weighted by atomic mass is 10.3. The fourth-order valence-corrected chi connectivity index (χ4v) is 1.11. The Bertz CT molecular complexity index is 288. The van der Waals surface area contributed by atoms with Gasteiger partial charge in [0.05, 0.1) is 5.69 Å². The molecule has 3 nitrogen and oxygen atoms in total. The molecule has 0 saturated heterocycles. The number of urea groups is 1. The topological polar surface area (TPSA) is 46.3 Å². The number of anilines is 1. The molecular weight excluding hydrogens is 240 g/mol. The van der Waals surface area contributed by atoms with Gasteiger partial charge in [-0.05, 0) is 24.3 Å². The van der Waals surface area contributed by atoms with Gasteiger partial charge in [-0.25, -0.2) is 9.10 Å². The largest absolute Gasteiger partial charge is 0.350 e. The van der Waals surface area contributed by atoms with Gasteiger partial charge in [-0.1, -0.05) is 28.7 Å². The lowest BCUT2D eigenvalue weighted by molar-refractivity contribution is 0.257. The van der Waals surface area contributed by atoms with E-state index in [1.165, 1.54) is 0 Å². The van der Waals surface area contributed by atoms with Crippen molar-refractivity contribution in [1.29, 1.82) is 0 Å². The first-order chi connectivity index (χ1) is 5.61. The number of benzene rings is 1. The zero-order valence-corrected chi connectivity index (χ0v) is 8.55. The quantitative estimate of drug-likeness (QED) is 0.734. The molecule has 2 N–H and O–H groups in total. The number of nitrogens with zero attached hydrogens (tertiary/aromatic N) is 1. The molecule has 0 saturated carbocycles. The number of rotatable bonds is 1. The first kappa shape index (κ1) is 9.41. The smallest absolute Gasteiger partial charge is 0.329 e. The Labute approximate surface area is 84.2 Å². The Hall–Kier alpha value is -0.680. The molecule has 0 unspecified atom stereocenters. The molecule has 0 aliphatic heterocycles. The van der Waals surface area contributed by atoms with Gasteiger partial charge in [0, 0.05) is 4.47 Å². The molecule has 0 fully saturated rings. The monoisotopic (exact) mass is 246 g/mol. The number of hydrogen-bond acceptors (Lipinski definition) is 2. The Balaban J connectivity index is 2.89. The van der Waals surface area contributed by atoms with Crippen LogP contribution < -0.4 is 10.0 Å². The Morgan fingerprint density at radius 1 is 1.42 bits per heavy atom. The molecule has 1 rings (SSSR count). The third kappa shape index (κ3) is 2.15. The van der Waals surface area contributed by atoms with Crippen LogP contribution in [0.4, 0.5) is 10.5 Å². The third-order valence-corrected chi connectivity index (χ3v) is 2.24. The van der Waals surface area contributed by atoms with E-state index in [9.17, 15) is 4.79 Å². The van der Waals surface area contributed by atoms with Crippen molar-refractivity contribution in [3.63, 3.8) is 0 Å². The molecular formula is C7H7BrN2OS. The molecule has 0 aliphatic rings. The van der Waals surface area contributed by atoms with E-state index in [1.54, 1.807) is 12.1 Å². The second-order valence-electron chi connectivity index (χ2n) is 2.13. The van der Waals surface area contributed by atoms with Crippen LogP contribution in [-0.2, 0) is 0 Å². The first-order valence-electron chi connectivity index (χ1n) is 3.15. The van der Waals surface area contributed by atoms with Crippen LogP contribution in [0.2, 0.25) is 0 Å². The number of carbonyl (C=O) groups is 1. The molecule has 1 aromatic rings. The number of primary amides is 1. The highest BCUT2D eigenvalue weighted by Crippen LogP contribution is 2.19. The molecule has 12 heavy (non-hydrogen) atoms. The van der Waals surface area contributed by atoms with Crippen LogP contribution in [0.15, 0.2) is 28.7 Å². The summed E-state index contributed by atoms with van der Waals surface area (Å²) in [5.41, 5.74) is 5.65. The summed E-state index contributed by atoms with van der Waals surface area (Å²) in [7, 11) is 0. The summed E-state index contributed by atoms with van der Waals surface area (Å²) in [6.45, 7) is 0. The summed E-state index contributed by atoms with van der Waals surface area (Å²) in [6.07, 6.45) is 0. The van der Waals surface area contributed by atoms with Crippen molar-refractivity contribution in [1.82, 2.24) is 0 Å². The summed E-state index contributed by atoms with van der Waals surface area (Å²) >= 11 is 7.16. The van der Waals surface area contributed by atoms with Gasteiger partial charge >= 0.3 is 6.03 Å². The van der Waals surface area contributed by atoms with E-state index >= 15 is 0 Å². The maximum atomic E-state index is 10.6. The highest BCUT2D eigenvalue weighted by atomic mass is 79.9. The molecule has 0 aliphatic carbocycles. The average molecular weight is 247 g/mol. The molecule has 1 aromatic carbocycles. The molecule has 0 heterocycles. The predicted molar refractivity (Wildman–Crippen MR) is 55.2 cm³/mol. The van der Waals surface area contributed by atoms with E-state index in [-0.39, 0.29) is 0 Å². The van der Waals surface area contributed by atoms with E-state index in [0.29, 0.717) is 5.69 Å². The summed E-state index contributed by atoms with van der Waals surface area (Å²) in [5.74, 6) is 0. The molecule has 0 aromatic heterocycles. The van der Waals surface area contributed by atoms with Gasteiger partial charge in [-0.2, -0.15) is 0 Å². The molecule has 2 amide bonds.